The summed E-state index contributed by atoms with van der Waals surface area (Å²) in [5.41, 5.74) is 0.597. The standard InChI is InChI=1S/C18H18BrClN2O5S/c19-13-2-1-3-15(10-13)21-18(23)12-27-16-5-4-14(20)11-17(16)28(24,25)22-6-8-26-9-7-22/h1-5,10-11H,6-9,12H2,(H,21,23). The first kappa shape index (κ1) is 21.1. The van der Waals surface area contributed by atoms with Crippen molar-refractivity contribution in [2.75, 3.05) is 38.2 Å². The van der Waals surface area contributed by atoms with Crippen LogP contribution < -0.4 is 10.1 Å². The van der Waals surface area contributed by atoms with Crippen LogP contribution in [0.25, 0.3) is 0 Å². The average molecular weight is 490 g/mol. The summed E-state index contributed by atoms with van der Waals surface area (Å²) in [4.78, 5) is 12.1. The lowest BCUT2D eigenvalue weighted by Crippen LogP contribution is -2.40. The van der Waals surface area contributed by atoms with Gasteiger partial charge in [0.1, 0.15) is 10.6 Å². The van der Waals surface area contributed by atoms with Gasteiger partial charge in [0.2, 0.25) is 10.0 Å². The second-order valence-corrected chi connectivity index (χ2v) is 9.21. The van der Waals surface area contributed by atoms with E-state index in [1.54, 1.807) is 18.2 Å². The van der Waals surface area contributed by atoms with Crippen LogP contribution >= 0.6 is 27.5 Å². The van der Waals surface area contributed by atoms with E-state index in [1.807, 2.05) is 6.07 Å². The number of benzene rings is 2. The second kappa shape index (κ2) is 9.23. The Morgan fingerprint density at radius 2 is 1.96 bits per heavy atom. The zero-order chi connectivity index (χ0) is 20.1. The monoisotopic (exact) mass is 488 g/mol. The molecule has 28 heavy (non-hydrogen) atoms. The maximum absolute atomic E-state index is 13.0. The van der Waals surface area contributed by atoms with E-state index < -0.39 is 15.9 Å². The number of hydrogen-bond donors (Lipinski definition) is 1. The molecular weight excluding hydrogens is 472 g/mol. The number of carbonyl (C=O) groups excluding carboxylic acids is 1. The van der Waals surface area contributed by atoms with Crippen LogP contribution in [0.1, 0.15) is 0 Å². The Labute approximate surface area is 176 Å². The highest BCUT2D eigenvalue weighted by Crippen LogP contribution is 2.30. The summed E-state index contributed by atoms with van der Waals surface area (Å²) in [6.07, 6.45) is 0. The van der Waals surface area contributed by atoms with Gasteiger partial charge in [-0.15, -0.1) is 0 Å². The summed E-state index contributed by atoms with van der Waals surface area (Å²) in [5.74, 6) is -0.344. The van der Waals surface area contributed by atoms with Crippen molar-refractivity contribution in [2.24, 2.45) is 0 Å². The van der Waals surface area contributed by atoms with Crippen LogP contribution in [0.3, 0.4) is 0 Å². The molecule has 1 saturated heterocycles. The van der Waals surface area contributed by atoms with E-state index in [4.69, 9.17) is 21.1 Å². The largest absolute Gasteiger partial charge is 0.482 e. The zero-order valence-corrected chi connectivity index (χ0v) is 17.9. The molecule has 2 aromatic carbocycles. The lowest BCUT2D eigenvalue weighted by atomic mass is 10.3. The molecule has 10 heteroatoms. The van der Waals surface area contributed by atoms with Gasteiger partial charge in [-0.2, -0.15) is 4.31 Å². The first-order valence-corrected chi connectivity index (χ1v) is 11.0. The Morgan fingerprint density at radius 1 is 1.21 bits per heavy atom. The predicted octanol–water partition coefficient (Wildman–Crippen LogP) is 3.14. The van der Waals surface area contributed by atoms with Gasteiger partial charge >= 0.3 is 0 Å². The van der Waals surface area contributed by atoms with E-state index in [0.29, 0.717) is 18.9 Å². The molecule has 1 amide bonds. The molecule has 0 atom stereocenters. The Balaban J connectivity index is 1.74. The van der Waals surface area contributed by atoms with Crippen LogP contribution in [-0.2, 0) is 19.6 Å². The first-order valence-electron chi connectivity index (χ1n) is 8.42. The Hall–Kier alpha value is -1.65. The third-order valence-corrected chi connectivity index (χ3v) is 6.61. The Kier molecular flexibility index (Phi) is 6.95. The molecule has 0 aliphatic carbocycles. The number of nitrogens with one attached hydrogen (secondary N) is 1. The van der Waals surface area contributed by atoms with Crippen molar-refractivity contribution in [2.45, 2.75) is 4.90 Å². The molecule has 1 aliphatic heterocycles. The van der Waals surface area contributed by atoms with Gasteiger partial charge in [-0.05, 0) is 36.4 Å². The average Bonchev–Trinajstić information content (AvgIpc) is 2.67. The van der Waals surface area contributed by atoms with Crippen molar-refractivity contribution in [1.82, 2.24) is 4.31 Å². The van der Waals surface area contributed by atoms with E-state index in [9.17, 15) is 13.2 Å². The maximum atomic E-state index is 13.0. The van der Waals surface area contributed by atoms with E-state index in [0.717, 1.165) is 4.47 Å². The van der Waals surface area contributed by atoms with Crippen LogP contribution in [0.2, 0.25) is 5.02 Å². The number of halogens is 2. The van der Waals surface area contributed by atoms with E-state index in [-0.39, 0.29) is 35.4 Å². The van der Waals surface area contributed by atoms with Crippen LogP contribution in [0.4, 0.5) is 5.69 Å². The molecule has 1 heterocycles. The summed E-state index contributed by atoms with van der Waals surface area (Å²) in [5, 5.41) is 2.95. The molecule has 7 nitrogen and oxygen atoms in total. The van der Waals surface area contributed by atoms with Crippen LogP contribution in [0.15, 0.2) is 51.8 Å². The van der Waals surface area contributed by atoms with Gasteiger partial charge in [0.05, 0.1) is 13.2 Å². The van der Waals surface area contributed by atoms with Crippen LogP contribution in [0.5, 0.6) is 5.75 Å². The van der Waals surface area contributed by atoms with Crippen molar-refractivity contribution in [3.63, 3.8) is 0 Å². The quantitative estimate of drug-likeness (QED) is 0.674. The number of rotatable bonds is 6. The number of sulfonamides is 1. The predicted molar refractivity (Wildman–Crippen MR) is 109 cm³/mol. The van der Waals surface area contributed by atoms with E-state index >= 15 is 0 Å². The molecule has 3 rings (SSSR count). The van der Waals surface area contributed by atoms with Crippen molar-refractivity contribution in [3.8, 4) is 5.75 Å². The molecule has 0 bridgehead atoms. The van der Waals surface area contributed by atoms with Gasteiger partial charge in [-0.3, -0.25) is 4.79 Å². The van der Waals surface area contributed by atoms with Crippen molar-refractivity contribution in [3.05, 3.63) is 52.0 Å². The SMILES string of the molecule is O=C(COc1ccc(Cl)cc1S(=O)(=O)N1CCOCC1)Nc1cccc(Br)c1. The molecule has 0 saturated carbocycles. The number of ether oxygens (including phenoxy) is 2. The third kappa shape index (κ3) is 5.24. The summed E-state index contributed by atoms with van der Waals surface area (Å²) in [6, 6.07) is 11.4. The molecule has 2 aromatic rings. The fraction of sp³-hybridized carbons (Fsp3) is 0.278. The molecule has 1 fully saturated rings. The third-order valence-electron chi connectivity index (χ3n) is 3.96. The molecule has 1 N–H and O–H groups in total. The highest BCUT2D eigenvalue weighted by molar-refractivity contribution is 9.10. The summed E-state index contributed by atoms with van der Waals surface area (Å²) in [6.45, 7) is 0.797. The smallest absolute Gasteiger partial charge is 0.262 e. The molecule has 150 valence electrons. The molecule has 1 aliphatic rings. The van der Waals surface area contributed by atoms with Crippen LogP contribution in [0, 0.1) is 0 Å². The fourth-order valence-corrected chi connectivity index (χ4v) is 4.84. The lowest BCUT2D eigenvalue weighted by molar-refractivity contribution is -0.118. The topological polar surface area (TPSA) is 84.9 Å². The van der Waals surface area contributed by atoms with Gasteiger partial charge < -0.3 is 14.8 Å². The van der Waals surface area contributed by atoms with Gasteiger partial charge in [-0.25, -0.2) is 8.42 Å². The van der Waals surface area contributed by atoms with E-state index in [1.165, 1.54) is 22.5 Å². The van der Waals surface area contributed by atoms with Gasteiger partial charge in [0.15, 0.2) is 6.61 Å². The molecule has 0 aromatic heterocycles. The van der Waals surface area contributed by atoms with Gasteiger partial charge in [0, 0.05) is 28.3 Å². The highest BCUT2D eigenvalue weighted by atomic mass is 79.9. The van der Waals surface area contributed by atoms with Crippen LogP contribution in [-0.4, -0.2) is 51.5 Å². The van der Waals surface area contributed by atoms with Crippen molar-refractivity contribution in [1.29, 1.82) is 0 Å². The number of amides is 1. The molecule has 0 radical (unpaired) electrons. The number of anilines is 1. The number of morpholine rings is 1. The van der Waals surface area contributed by atoms with Gasteiger partial charge in [0.25, 0.3) is 5.91 Å². The zero-order valence-electron chi connectivity index (χ0n) is 14.7. The van der Waals surface area contributed by atoms with E-state index in [2.05, 4.69) is 21.2 Å². The normalized spacial score (nSPS) is 15.2. The minimum atomic E-state index is -3.82. The first-order chi connectivity index (χ1) is 13.4. The minimum Gasteiger partial charge on any atom is -0.482 e. The molecule has 0 unspecified atom stereocenters. The number of nitrogens with zero attached hydrogens (tertiary/aromatic N) is 1. The maximum Gasteiger partial charge on any atom is 0.262 e. The molecular formula is C18H18BrClN2O5S. The number of hydrogen-bond acceptors (Lipinski definition) is 5. The van der Waals surface area contributed by atoms with Crippen molar-refractivity contribution < 1.29 is 22.7 Å². The fourth-order valence-electron chi connectivity index (χ4n) is 2.64. The summed E-state index contributed by atoms with van der Waals surface area (Å²) < 4.78 is 38.8. The highest BCUT2D eigenvalue weighted by Gasteiger charge is 2.29. The molecule has 0 spiro atoms. The van der Waals surface area contributed by atoms with Crippen molar-refractivity contribution >= 4 is 49.1 Å². The number of carbonyl (C=O) groups is 1. The summed E-state index contributed by atoms with van der Waals surface area (Å²) >= 11 is 9.33. The summed E-state index contributed by atoms with van der Waals surface area (Å²) in [7, 11) is -3.82. The Morgan fingerprint density at radius 3 is 2.68 bits per heavy atom. The lowest BCUT2D eigenvalue weighted by Gasteiger charge is -2.26. The van der Waals surface area contributed by atoms with Gasteiger partial charge in [-0.1, -0.05) is 33.6 Å². The minimum absolute atomic E-state index is 0.0697. The Bertz CT molecular complexity index is 964. The second-order valence-electron chi connectivity index (χ2n) is 5.95.